The smallest absolute Gasteiger partial charge is 0.0196 e. The molecule has 2 N–H and O–H groups in total. The third-order valence-electron chi connectivity index (χ3n) is 2.57. The lowest BCUT2D eigenvalue weighted by atomic mass is 10.0. The maximum atomic E-state index is 5.79. The predicted octanol–water partition coefficient (Wildman–Crippen LogP) is 1.76. The van der Waals surface area contributed by atoms with Crippen LogP contribution in [0.4, 0.5) is 0 Å². The summed E-state index contributed by atoms with van der Waals surface area (Å²) in [5.41, 5.74) is 7.31. The summed E-state index contributed by atoms with van der Waals surface area (Å²) < 4.78 is 0. The second-order valence-electron chi connectivity index (χ2n) is 4.40. The first-order valence-electron chi connectivity index (χ1n) is 5.27. The molecule has 1 atom stereocenters. The highest BCUT2D eigenvalue weighted by Gasteiger charge is 2.15. The van der Waals surface area contributed by atoms with Gasteiger partial charge in [-0.3, -0.25) is 4.90 Å². The van der Waals surface area contributed by atoms with Gasteiger partial charge in [-0.2, -0.15) is 0 Å². The summed E-state index contributed by atoms with van der Waals surface area (Å²) in [7, 11) is 0. The largest absolute Gasteiger partial charge is 0.328 e. The van der Waals surface area contributed by atoms with Gasteiger partial charge in [-0.25, -0.2) is 0 Å². The van der Waals surface area contributed by atoms with E-state index in [0.29, 0.717) is 12.1 Å². The van der Waals surface area contributed by atoms with Crippen LogP contribution in [0.1, 0.15) is 33.6 Å². The molecule has 0 aliphatic carbocycles. The Morgan fingerprint density at radius 1 is 1.46 bits per heavy atom. The van der Waals surface area contributed by atoms with Gasteiger partial charge < -0.3 is 5.73 Å². The van der Waals surface area contributed by atoms with E-state index in [-0.39, 0.29) is 0 Å². The van der Waals surface area contributed by atoms with Crippen LogP contribution in [0, 0.1) is 0 Å². The Morgan fingerprint density at radius 2 is 2.15 bits per heavy atom. The summed E-state index contributed by atoms with van der Waals surface area (Å²) in [6.45, 7) is 8.93. The van der Waals surface area contributed by atoms with Crippen LogP contribution in [0.25, 0.3) is 0 Å². The van der Waals surface area contributed by atoms with Crippen molar-refractivity contribution in [1.82, 2.24) is 4.90 Å². The summed E-state index contributed by atoms with van der Waals surface area (Å²) in [4.78, 5) is 2.51. The van der Waals surface area contributed by atoms with Gasteiger partial charge in [-0.1, -0.05) is 11.6 Å². The van der Waals surface area contributed by atoms with E-state index < -0.39 is 0 Å². The molecule has 13 heavy (non-hydrogen) atoms. The van der Waals surface area contributed by atoms with Crippen LogP contribution in [-0.2, 0) is 0 Å². The molecule has 76 valence electrons. The normalized spacial score (nSPS) is 21.8. The number of rotatable bonds is 3. The van der Waals surface area contributed by atoms with Crippen LogP contribution in [0.2, 0.25) is 0 Å². The fourth-order valence-corrected chi connectivity index (χ4v) is 1.84. The molecule has 1 aliphatic heterocycles. The summed E-state index contributed by atoms with van der Waals surface area (Å²) in [5.74, 6) is 0. The third kappa shape index (κ3) is 3.49. The molecule has 0 fully saturated rings. The Labute approximate surface area is 81.8 Å². The van der Waals surface area contributed by atoms with E-state index >= 15 is 0 Å². The molecule has 1 unspecified atom stereocenters. The van der Waals surface area contributed by atoms with Gasteiger partial charge in [-0.15, -0.1) is 0 Å². The van der Waals surface area contributed by atoms with Crippen molar-refractivity contribution in [3.63, 3.8) is 0 Å². The molecular formula is C11H22N2. The minimum absolute atomic E-state index is 0.304. The van der Waals surface area contributed by atoms with E-state index in [1.54, 1.807) is 0 Å². The van der Waals surface area contributed by atoms with E-state index in [4.69, 9.17) is 5.73 Å². The fourth-order valence-electron chi connectivity index (χ4n) is 1.84. The van der Waals surface area contributed by atoms with Gasteiger partial charge in [0.25, 0.3) is 0 Å². The Kier molecular flexibility index (Phi) is 3.94. The average Bonchev–Trinajstić information content (AvgIpc) is 2.03. The number of nitrogens with zero attached hydrogens (tertiary/aromatic N) is 1. The predicted molar refractivity (Wildman–Crippen MR) is 57.7 cm³/mol. The van der Waals surface area contributed by atoms with Crippen LogP contribution in [0.5, 0.6) is 0 Å². The molecule has 1 heterocycles. The molecule has 0 spiro atoms. The number of nitrogens with two attached hydrogens (primary N) is 1. The van der Waals surface area contributed by atoms with Crippen molar-refractivity contribution < 1.29 is 0 Å². The molecule has 0 bridgehead atoms. The van der Waals surface area contributed by atoms with Gasteiger partial charge in [0.1, 0.15) is 0 Å². The Hall–Kier alpha value is -0.340. The third-order valence-corrected chi connectivity index (χ3v) is 2.57. The Morgan fingerprint density at radius 3 is 2.69 bits per heavy atom. The summed E-state index contributed by atoms with van der Waals surface area (Å²) in [5, 5.41) is 0. The molecule has 0 aromatic heterocycles. The number of hydrogen-bond donors (Lipinski definition) is 1. The maximum Gasteiger partial charge on any atom is 0.0196 e. The molecule has 0 radical (unpaired) electrons. The van der Waals surface area contributed by atoms with Crippen molar-refractivity contribution in [2.24, 2.45) is 5.73 Å². The first-order valence-corrected chi connectivity index (χ1v) is 5.27. The monoisotopic (exact) mass is 182 g/mol. The Bertz CT molecular complexity index is 183. The maximum absolute atomic E-state index is 5.79. The highest BCUT2D eigenvalue weighted by molar-refractivity contribution is 5.09. The molecule has 0 saturated carbocycles. The van der Waals surface area contributed by atoms with Crippen molar-refractivity contribution in [3.05, 3.63) is 11.6 Å². The molecule has 0 aromatic rings. The van der Waals surface area contributed by atoms with Gasteiger partial charge in [-0.05, 0) is 33.6 Å². The van der Waals surface area contributed by atoms with Crippen LogP contribution in [0.3, 0.4) is 0 Å². The van der Waals surface area contributed by atoms with E-state index in [1.165, 1.54) is 18.5 Å². The molecule has 0 amide bonds. The topological polar surface area (TPSA) is 29.3 Å². The van der Waals surface area contributed by atoms with Gasteiger partial charge >= 0.3 is 0 Å². The van der Waals surface area contributed by atoms with Gasteiger partial charge in [0.15, 0.2) is 0 Å². The minimum Gasteiger partial charge on any atom is -0.328 e. The lowest BCUT2D eigenvalue weighted by Gasteiger charge is -2.31. The second-order valence-corrected chi connectivity index (χ2v) is 4.40. The van der Waals surface area contributed by atoms with E-state index in [9.17, 15) is 0 Å². The van der Waals surface area contributed by atoms with Crippen LogP contribution in [0.15, 0.2) is 11.6 Å². The fraction of sp³-hybridized carbons (Fsp3) is 0.818. The van der Waals surface area contributed by atoms with Crippen molar-refractivity contribution in [2.75, 3.05) is 13.1 Å². The second kappa shape index (κ2) is 4.77. The molecule has 1 rings (SSSR count). The summed E-state index contributed by atoms with van der Waals surface area (Å²) in [6.07, 6.45) is 4.62. The molecule has 1 aliphatic rings. The molecular weight excluding hydrogens is 160 g/mol. The molecule has 0 aromatic carbocycles. The quantitative estimate of drug-likeness (QED) is 0.674. The van der Waals surface area contributed by atoms with Gasteiger partial charge in [0.2, 0.25) is 0 Å². The van der Waals surface area contributed by atoms with Gasteiger partial charge in [0.05, 0.1) is 0 Å². The highest BCUT2D eigenvalue weighted by atomic mass is 15.1. The minimum atomic E-state index is 0.304. The first-order chi connectivity index (χ1) is 6.09. The summed E-state index contributed by atoms with van der Waals surface area (Å²) in [6, 6.07) is 0.968. The van der Waals surface area contributed by atoms with Crippen LogP contribution in [-0.4, -0.2) is 30.1 Å². The van der Waals surface area contributed by atoms with Crippen molar-refractivity contribution in [1.29, 1.82) is 0 Å². The zero-order chi connectivity index (χ0) is 9.84. The van der Waals surface area contributed by atoms with Crippen molar-refractivity contribution >= 4 is 0 Å². The molecule has 0 saturated heterocycles. The SMILES string of the molecule is CC(N)CC1=CCCN(C(C)C)C1. The lowest BCUT2D eigenvalue weighted by molar-refractivity contribution is 0.232. The van der Waals surface area contributed by atoms with Crippen LogP contribution >= 0.6 is 0 Å². The van der Waals surface area contributed by atoms with Crippen LogP contribution < -0.4 is 5.73 Å². The van der Waals surface area contributed by atoms with Crippen molar-refractivity contribution in [3.8, 4) is 0 Å². The summed E-state index contributed by atoms with van der Waals surface area (Å²) >= 11 is 0. The van der Waals surface area contributed by atoms with E-state index in [2.05, 4.69) is 31.7 Å². The van der Waals surface area contributed by atoms with E-state index in [1.807, 2.05) is 0 Å². The van der Waals surface area contributed by atoms with Crippen molar-refractivity contribution in [2.45, 2.75) is 45.7 Å². The number of hydrogen-bond acceptors (Lipinski definition) is 2. The first kappa shape index (κ1) is 10.7. The zero-order valence-electron chi connectivity index (χ0n) is 9.09. The highest BCUT2D eigenvalue weighted by Crippen LogP contribution is 2.15. The van der Waals surface area contributed by atoms with Gasteiger partial charge in [0, 0.05) is 25.2 Å². The average molecular weight is 182 g/mol. The molecule has 2 heteroatoms. The Balaban J connectivity index is 2.44. The lowest BCUT2D eigenvalue weighted by Crippen LogP contribution is -2.36. The molecule has 2 nitrogen and oxygen atoms in total. The van der Waals surface area contributed by atoms with E-state index in [0.717, 1.165) is 13.0 Å². The zero-order valence-corrected chi connectivity index (χ0v) is 9.09. The standard InChI is InChI=1S/C11H22N2/c1-9(2)13-6-4-5-11(8-13)7-10(3)12/h5,9-10H,4,6-8,12H2,1-3H3.